The maximum Gasteiger partial charge on any atom is 0.175 e. The van der Waals surface area contributed by atoms with E-state index in [-0.39, 0.29) is 22.7 Å². The van der Waals surface area contributed by atoms with Crippen LogP contribution in [0.3, 0.4) is 0 Å². The zero-order valence-electron chi connectivity index (χ0n) is 10.4. The Labute approximate surface area is 103 Å². The number of carbonyl (C=O) groups excluding carboxylic acids is 1. The Kier molecular flexibility index (Phi) is 4.34. The molecule has 90 valence electrons. The molecule has 0 bridgehead atoms. The lowest BCUT2D eigenvalue weighted by Gasteiger charge is -2.26. The van der Waals surface area contributed by atoms with Crippen LogP contribution in [0.15, 0.2) is 23.8 Å². The normalized spacial score (nSPS) is 22.8. The molecule has 0 aliphatic heterocycles. The average molecular weight is 242 g/mol. The highest BCUT2D eigenvalue weighted by Crippen LogP contribution is 2.18. The first-order chi connectivity index (χ1) is 7.29. The minimum atomic E-state index is -0.165. The molecule has 0 saturated heterocycles. The summed E-state index contributed by atoms with van der Waals surface area (Å²) in [5.41, 5.74) is 0.757. The number of hydrogen-bond acceptors (Lipinski definition) is 2. The zero-order chi connectivity index (χ0) is 12.3. The molecule has 0 heterocycles. The summed E-state index contributed by atoms with van der Waals surface area (Å²) in [6.07, 6.45) is 6.39. The minimum absolute atomic E-state index is 0.0551. The van der Waals surface area contributed by atoms with E-state index in [1.54, 1.807) is 0 Å². The lowest BCUT2D eigenvalue weighted by atomic mass is 9.96. The summed E-state index contributed by atoms with van der Waals surface area (Å²) in [4.78, 5) is 12.1. The van der Waals surface area contributed by atoms with Crippen LogP contribution in [0.1, 0.15) is 34.1 Å². The molecule has 2 atom stereocenters. The molecule has 0 aromatic carbocycles. The van der Waals surface area contributed by atoms with Crippen LogP contribution in [0, 0.1) is 0 Å². The summed E-state index contributed by atoms with van der Waals surface area (Å²) in [6, 6.07) is -0.165. The van der Waals surface area contributed by atoms with Gasteiger partial charge in [-0.05, 0) is 39.7 Å². The number of nitrogens with one attached hydrogen (secondary N) is 1. The van der Waals surface area contributed by atoms with Crippen LogP contribution in [0.4, 0.5) is 0 Å². The SMILES string of the molecule is C[C@@H](NC(C)(C)C)C(=O)C1=CC(Cl)C=CC1. The highest BCUT2D eigenvalue weighted by atomic mass is 35.5. The molecule has 16 heavy (non-hydrogen) atoms. The Morgan fingerprint density at radius 2 is 2.19 bits per heavy atom. The van der Waals surface area contributed by atoms with E-state index in [1.807, 2.05) is 25.2 Å². The van der Waals surface area contributed by atoms with Crippen molar-refractivity contribution in [3.05, 3.63) is 23.8 Å². The number of allylic oxidation sites excluding steroid dienone is 3. The molecule has 0 saturated carbocycles. The van der Waals surface area contributed by atoms with Crippen molar-refractivity contribution in [3.63, 3.8) is 0 Å². The third-order valence-electron chi connectivity index (χ3n) is 2.38. The molecular weight excluding hydrogens is 222 g/mol. The molecule has 0 spiro atoms. The fourth-order valence-electron chi connectivity index (χ4n) is 1.82. The third-order valence-corrected chi connectivity index (χ3v) is 2.65. The van der Waals surface area contributed by atoms with E-state index in [4.69, 9.17) is 11.6 Å². The van der Waals surface area contributed by atoms with E-state index >= 15 is 0 Å². The van der Waals surface area contributed by atoms with Gasteiger partial charge in [0.15, 0.2) is 5.78 Å². The van der Waals surface area contributed by atoms with Gasteiger partial charge in [0.2, 0.25) is 0 Å². The number of alkyl halides is 1. The largest absolute Gasteiger partial charge is 0.303 e. The summed E-state index contributed by atoms with van der Waals surface area (Å²) in [5, 5.41) is 3.13. The summed E-state index contributed by atoms with van der Waals surface area (Å²) in [5.74, 6) is 0.143. The first-order valence-electron chi connectivity index (χ1n) is 5.63. The predicted molar refractivity (Wildman–Crippen MR) is 68.8 cm³/mol. The topological polar surface area (TPSA) is 29.1 Å². The standard InChI is InChI=1S/C13H20ClNO/c1-9(15-13(2,3)4)12(16)10-6-5-7-11(14)8-10/h5,7-9,11,15H,6H2,1-4H3/t9-,11?/m1/s1. The molecule has 1 unspecified atom stereocenters. The van der Waals surface area contributed by atoms with Crippen LogP contribution >= 0.6 is 11.6 Å². The van der Waals surface area contributed by atoms with Crippen molar-refractivity contribution in [2.75, 3.05) is 0 Å². The molecule has 1 rings (SSSR count). The third kappa shape index (κ3) is 4.11. The molecule has 0 aromatic rings. The van der Waals surface area contributed by atoms with E-state index in [0.717, 1.165) is 5.57 Å². The second-order valence-corrected chi connectivity index (χ2v) is 5.75. The minimum Gasteiger partial charge on any atom is -0.303 e. The predicted octanol–water partition coefficient (Wildman–Crippen LogP) is 2.83. The van der Waals surface area contributed by atoms with Gasteiger partial charge in [-0.1, -0.05) is 18.2 Å². The lowest BCUT2D eigenvalue weighted by molar-refractivity contribution is -0.117. The second kappa shape index (κ2) is 5.15. The Morgan fingerprint density at radius 3 is 2.69 bits per heavy atom. The lowest BCUT2D eigenvalue weighted by Crippen LogP contribution is -2.46. The van der Waals surface area contributed by atoms with Gasteiger partial charge >= 0.3 is 0 Å². The maximum atomic E-state index is 12.1. The fourth-order valence-corrected chi connectivity index (χ4v) is 2.07. The Bertz CT molecular complexity index is 325. The molecule has 0 aromatic heterocycles. The van der Waals surface area contributed by atoms with Gasteiger partial charge in [-0.15, -0.1) is 11.6 Å². The van der Waals surface area contributed by atoms with Crippen LogP contribution in [-0.4, -0.2) is 22.7 Å². The first kappa shape index (κ1) is 13.5. The smallest absolute Gasteiger partial charge is 0.175 e. The van der Waals surface area contributed by atoms with Gasteiger partial charge in [0, 0.05) is 5.54 Å². The van der Waals surface area contributed by atoms with Crippen molar-refractivity contribution in [2.24, 2.45) is 0 Å². The van der Waals surface area contributed by atoms with Crippen molar-refractivity contribution in [1.29, 1.82) is 0 Å². The van der Waals surface area contributed by atoms with Crippen molar-refractivity contribution in [1.82, 2.24) is 5.32 Å². The van der Waals surface area contributed by atoms with E-state index in [0.29, 0.717) is 6.42 Å². The summed E-state index contributed by atoms with van der Waals surface area (Å²) >= 11 is 5.96. The molecule has 2 nitrogen and oxygen atoms in total. The number of hydrogen-bond donors (Lipinski definition) is 1. The van der Waals surface area contributed by atoms with Crippen molar-refractivity contribution in [2.45, 2.75) is 51.1 Å². The van der Waals surface area contributed by atoms with Crippen molar-refractivity contribution >= 4 is 17.4 Å². The molecule has 1 aliphatic carbocycles. The van der Waals surface area contributed by atoms with Crippen molar-refractivity contribution in [3.8, 4) is 0 Å². The van der Waals surface area contributed by atoms with E-state index in [9.17, 15) is 4.79 Å². The van der Waals surface area contributed by atoms with E-state index in [1.165, 1.54) is 0 Å². The molecule has 1 aliphatic rings. The summed E-state index contributed by atoms with van der Waals surface area (Å²) in [6.45, 7) is 8.05. The number of halogens is 1. The van der Waals surface area contributed by atoms with Crippen LogP contribution in [0.5, 0.6) is 0 Å². The molecule has 3 heteroatoms. The zero-order valence-corrected chi connectivity index (χ0v) is 11.1. The maximum absolute atomic E-state index is 12.1. The second-order valence-electron chi connectivity index (χ2n) is 5.25. The van der Waals surface area contributed by atoms with Crippen LogP contribution < -0.4 is 5.32 Å². The van der Waals surface area contributed by atoms with Gasteiger partial charge < -0.3 is 5.32 Å². The van der Waals surface area contributed by atoms with Gasteiger partial charge in [0.25, 0.3) is 0 Å². The fraction of sp³-hybridized carbons (Fsp3) is 0.615. The summed E-state index contributed by atoms with van der Waals surface area (Å²) < 4.78 is 0. The van der Waals surface area contributed by atoms with Crippen LogP contribution in [0.2, 0.25) is 0 Å². The highest BCUT2D eigenvalue weighted by molar-refractivity contribution is 6.23. The van der Waals surface area contributed by atoms with Gasteiger partial charge in [0.1, 0.15) is 0 Å². The van der Waals surface area contributed by atoms with Crippen LogP contribution in [-0.2, 0) is 4.79 Å². The average Bonchev–Trinajstić information content (AvgIpc) is 2.14. The molecule has 0 amide bonds. The van der Waals surface area contributed by atoms with E-state index < -0.39 is 0 Å². The van der Waals surface area contributed by atoms with Gasteiger partial charge in [-0.25, -0.2) is 0 Å². The molecule has 1 N–H and O–H groups in total. The van der Waals surface area contributed by atoms with Gasteiger partial charge in [-0.2, -0.15) is 0 Å². The summed E-state index contributed by atoms with van der Waals surface area (Å²) in [7, 11) is 0. The van der Waals surface area contributed by atoms with Gasteiger partial charge in [0.05, 0.1) is 11.4 Å². The van der Waals surface area contributed by atoms with Crippen LogP contribution in [0.25, 0.3) is 0 Å². The number of Topliss-reactive ketones (excluding diaryl/α,β-unsaturated/α-hetero) is 1. The Morgan fingerprint density at radius 1 is 1.56 bits per heavy atom. The number of rotatable bonds is 3. The molecule has 0 fully saturated rings. The van der Waals surface area contributed by atoms with Crippen molar-refractivity contribution < 1.29 is 4.79 Å². The highest BCUT2D eigenvalue weighted by Gasteiger charge is 2.22. The van der Waals surface area contributed by atoms with E-state index in [2.05, 4.69) is 26.1 Å². The molecule has 0 radical (unpaired) electrons. The monoisotopic (exact) mass is 241 g/mol. The molecular formula is C13H20ClNO. The Balaban J connectivity index is 2.64. The Hall–Kier alpha value is -0.600. The number of carbonyl (C=O) groups is 1. The first-order valence-corrected chi connectivity index (χ1v) is 6.06. The van der Waals surface area contributed by atoms with Gasteiger partial charge in [-0.3, -0.25) is 4.79 Å². The number of ketones is 1. The quantitative estimate of drug-likeness (QED) is 0.608.